The largest absolute Gasteiger partial charge is 0.497 e. The lowest BCUT2D eigenvalue weighted by molar-refractivity contribution is -0.141. The minimum Gasteiger partial charge on any atom is -0.497 e. The normalized spacial score (nSPS) is 13.9. The van der Waals surface area contributed by atoms with Gasteiger partial charge in [0.2, 0.25) is 0 Å². The first-order chi connectivity index (χ1) is 8.05. The highest BCUT2D eigenvalue weighted by Gasteiger charge is 2.28. The van der Waals surface area contributed by atoms with Crippen molar-refractivity contribution in [3.05, 3.63) is 29.8 Å². The highest BCUT2D eigenvalue weighted by Crippen LogP contribution is 2.28. The molecule has 0 saturated carbocycles. The van der Waals surface area contributed by atoms with E-state index in [0.717, 1.165) is 11.3 Å². The van der Waals surface area contributed by atoms with Crippen LogP contribution in [-0.2, 0) is 14.9 Å². The number of benzene rings is 1. The quantitative estimate of drug-likeness (QED) is 0.788. The number of carbonyl (C=O) groups excluding carboxylic acids is 1. The van der Waals surface area contributed by atoms with E-state index in [1.807, 2.05) is 31.2 Å². The lowest BCUT2D eigenvalue weighted by Gasteiger charge is -2.27. The third kappa shape index (κ3) is 3.20. The van der Waals surface area contributed by atoms with Gasteiger partial charge in [-0.25, -0.2) is 0 Å². The standard InChI is InChI=1S/C13H19NO3/c1-13(9-14,8-12(15)17-3)10-4-6-11(16-2)7-5-10/h4-7H,8-9,14H2,1-3H3. The maximum absolute atomic E-state index is 11.4. The van der Waals surface area contributed by atoms with E-state index >= 15 is 0 Å². The molecule has 1 rings (SSSR count). The van der Waals surface area contributed by atoms with Gasteiger partial charge in [0.05, 0.1) is 20.6 Å². The average Bonchev–Trinajstić information content (AvgIpc) is 2.38. The first-order valence-electron chi connectivity index (χ1n) is 5.47. The highest BCUT2D eigenvalue weighted by molar-refractivity contribution is 5.71. The fourth-order valence-electron chi connectivity index (χ4n) is 1.68. The van der Waals surface area contributed by atoms with Crippen LogP contribution in [0.5, 0.6) is 5.75 Å². The average molecular weight is 237 g/mol. The van der Waals surface area contributed by atoms with Crippen LogP contribution in [0.2, 0.25) is 0 Å². The molecule has 0 radical (unpaired) electrons. The molecule has 0 amide bonds. The summed E-state index contributed by atoms with van der Waals surface area (Å²) in [5.41, 5.74) is 6.38. The van der Waals surface area contributed by atoms with Crippen LogP contribution in [-0.4, -0.2) is 26.7 Å². The predicted octanol–water partition coefficient (Wildman–Crippen LogP) is 1.47. The van der Waals surface area contributed by atoms with E-state index in [-0.39, 0.29) is 12.4 Å². The van der Waals surface area contributed by atoms with Gasteiger partial charge in [-0.05, 0) is 17.7 Å². The molecule has 4 heteroatoms. The molecule has 0 aromatic heterocycles. The minimum atomic E-state index is -0.403. The molecule has 0 bridgehead atoms. The zero-order valence-corrected chi connectivity index (χ0v) is 10.5. The third-order valence-corrected chi connectivity index (χ3v) is 3.00. The number of carbonyl (C=O) groups is 1. The minimum absolute atomic E-state index is 0.256. The predicted molar refractivity (Wildman–Crippen MR) is 66.0 cm³/mol. The van der Waals surface area contributed by atoms with Crippen LogP contribution in [0.1, 0.15) is 18.9 Å². The number of hydrogen-bond acceptors (Lipinski definition) is 4. The van der Waals surface area contributed by atoms with Gasteiger partial charge in [0.25, 0.3) is 0 Å². The van der Waals surface area contributed by atoms with Crippen LogP contribution in [0.25, 0.3) is 0 Å². The van der Waals surface area contributed by atoms with Gasteiger partial charge < -0.3 is 15.2 Å². The van der Waals surface area contributed by atoms with Crippen molar-refractivity contribution in [2.24, 2.45) is 5.73 Å². The second-order valence-electron chi connectivity index (χ2n) is 4.25. The number of methoxy groups -OCH3 is 2. The molecular formula is C13H19NO3. The first-order valence-corrected chi connectivity index (χ1v) is 5.47. The van der Waals surface area contributed by atoms with Crippen LogP contribution in [0.15, 0.2) is 24.3 Å². The van der Waals surface area contributed by atoms with E-state index in [9.17, 15) is 4.79 Å². The molecule has 0 spiro atoms. The lowest BCUT2D eigenvalue weighted by atomic mass is 9.79. The number of rotatable bonds is 5. The number of esters is 1. The second kappa shape index (κ2) is 5.68. The molecule has 1 unspecified atom stereocenters. The van der Waals surface area contributed by atoms with Crippen molar-refractivity contribution in [2.75, 3.05) is 20.8 Å². The number of hydrogen-bond donors (Lipinski definition) is 1. The lowest BCUT2D eigenvalue weighted by Crippen LogP contribution is -2.34. The summed E-state index contributed by atoms with van der Waals surface area (Å²) in [5, 5.41) is 0. The Morgan fingerprint density at radius 2 is 1.88 bits per heavy atom. The topological polar surface area (TPSA) is 61.5 Å². The van der Waals surface area contributed by atoms with Crippen LogP contribution in [0.4, 0.5) is 0 Å². The van der Waals surface area contributed by atoms with Gasteiger partial charge in [-0.3, -0.25) is 4.79 Å². The Labute approximate surface area is 102 Å². The Morgan fingerprint density at radius 3 is 2.29 bits per heavy atom. The molecule has 1 aromatic carbocycles. The summed E-state index contributed by atoms with van der Waals surface area (Å²) < 4.78 is 9.79. The van der Waals surface area contributed by atoms with Crippen LogP contribution in [0.3, 0.4) is 0 Å². The highest BCUT2D eigenvalue weighted by atomic mass is 16.5. The molecule has 2 N–H and O–H groups in total. The Kier molecular flexibility index (Phi) is 4.52. The van der Waals surface area contributed by atoms with Crippen LogP contribution >= 0.6 is 0 Å². The molecule has 17 heavy (non-hydrogen) atoms. The summed E-state index contributed by atoms with van der Waals surface area (Å²) in [6.07, 6.45) is 0.270. The van der Waals surface area contributed by atoms with Crippen molar-refractivity contribution in [3.63, 3.8) is 0 Å². The molecule has 0 heterocycles. The van der Waals surface area contributed by atoms with E-state index in [1.165, 1.54) is 7.11 Å². The third-order valence-electron chi connectivity index (χ3n) is 3.00. The first kappa shape index (κ1) is 13.5. The molecule has 0 aliphatic rings. The van der Waals surface area contributed by atoms with Gasteiger partial charge in [-0.2, -0.15) is 0 Å². The molecular weight excluding hydrogens is 218 g/mol. The Bertz CT molecular complexity index is 375. The van der Waals surface area contributed by atoms with Gasteiger partial charge >= 0.3 is 5.97 Å². The summed E-state index contributed by atoms with van der Waals surface area (Å²) >= 11 is 0. The molecule has 0 aliphatic heterocycles. The summed E-state index contributed by atoms with van der Waals surface area (Å²) in [6.45, 7) is 2.33. The monoisotopic (exact) mass is 237 g/mol. The maximum Gasteiger partial charge on any atom is 0.306 e. The van der Waals surface area contributed by atoms with E-state index in [1.54, 1.807) is 7.11 Å². The fraction of sp³-hybridized carbons (Fsp3) is 0.462. The van der Waals surface area contributed by atoms with E-state index in [2.05, 4.69) is 0 Å². The van der Waals surface area contributed by atoms with E-state index < -0.39 is 5.41 Å². The Hall–Kier alpha value is -1.55. The second-order valence-corrected chi connectivity index (χ2v) is 4.25. The molecule has 1 atom stereocenters. The van der Waals surface area contributed by atoms with Crippen LogP contribution < -0.4 is 10.5 Å². The van der Waals surface area contributed by atoms with Crippen molar-refractivity contribution in [1.29, 1.82) is 0 Å². The summed E-state index contributed by atoms with van der Waals surface area (Å²) in [7, 11) is 3.00. The SMILES string of the molecule is COC(=O)CC(C)(CN)c1ccc(OC)cc1. The van der Waals surface area contributed by atoms with Crippen molar-refractivity contribution in [1.82, 2.24) is 0 Å². The van der Waals surface area contributed by atoms with Gasteiger partial charge in [-0.15, -0.1) is 0 Å². The maximum atomic E-state index is 11.4. The van der Waals surface area contributed by atoms with Gasteiger partial charge in [0.15, 0.2) is 0 Å². The molecule has 0 aliphatic carbocycles. The molecule has 1 aromatic rings. The summed E-state index contributed by atoms with van der Waals surface area (Å²) in [6, 6.07) is 7.57. The molecule has 0 fully saturated rings. The Balaban J connectivity index is 2.94. The van der Waals surface area contributed by atoms with E-state index in [4.69, 9.17) is 15.2 Å². The van der Waals surface area contributed by atoms with Crippen molar-refractivity contribution in [3.8, 4) is 5.75 Å². The smallest absolute Gasteiger partial charge is 0.306 e. The van der Waals surface area contributed by atoms with Gasteiger partial charge in [0.1, 0.15) is 5.75 Å². The van der Waals surface area contributed by atoms with Gasteiger partial charge in [0, 0.05) is 12.0 Å². The van der Waals surface area contributed by atoms with Crippen molar-refractivity contribution < 1.29 is 14.3 Å². The number of nitrogens with two attached hydrogens (primary N) is 1. The molecule has 4 nitrogen and oxygen atoms in total. The van der Waals surface area contributed by atoms with Crippen molar-refractivity contribution >= 4 is 5.97 Å². The van der Waals surface area contributed by atoms with Gasteiger partial charge in [-0.1, -0.05) is 19.1 Å². The summed E-state index contributed by atoms with van der Waals surface area (Å²) in [4.78, 5) is 11.4. The summed E-state index contributed by atoms with van der Waals surface area (Å²) in [5.74, 6) is 0.528. The molecule has 94 valence electrons. The molecule has 0 saturated heterocycles. The Morgan fingerprint density at radius 1 is 1.29 bits per heavy atom. The van der Waals surface area contributed by atoms with E-state index in [0.29, 0.717) is 6.54 Å². The zero-order valence-electron chi connectivity index (χ0n) is 10.5. The zero-order chi connectivity index (χ0) is 12.9. The van der Waals surface area contributed by atoms with Crippen molar-refractivity contribution in [2.45, 2.75) is 18.8 Å². The fourth-order valence-corrected chi connectivity index (χ4v) is 1.68. The van der Waals surface area contributed by atoms with Crippen LogP contribution in [0, 0.1) is 0 Å². The number of ether oxygens (including phenoxy) is 2.